The van der Waals surface area contributed by atoms with Gasteiger partial charge in [-0.3, -0.25) is 4.79 Å². The maximum atomic E-state index is 13.5. The number of rotatable bonds is 9. The van der Waals surface area contributed by atoms with Crippen molar-refractivity contribution in [2.75, 3.05) is 7.11 Å². The lowest BCUT2D eigenvalue weighted by Crippen LogP contribution is -2.58. The van der Waals surface area contributed by atoms with E-state index >= 15 is 0 Å². The van der Waals surface area contributed by atoms with Gasteiger partial charge in [-0.05, 0) is 45.6 Å². The molecule has 0 spiro atoms. The van der Waals surface area contributed by atoms with Gasteiger partial charge in [-0.25, -0.2) is 9.59 Å². The fourth-order valence-electron chi connectivity index (χ4n) is 6.80. The van der Waals surface area contributed by atoms with Gasteiger partial charge < -0.3 is 40.0 Å². The largest absolute Gasteiger partial charge is 0.459 e. The SMILES string of the molecule is CC[C@@H]1O[C@](O)([C@H](C)[C@H](O)[C@H](C)[C@@H]2OC(=O)/C(C)=C/C(C)=C/[C@H](C)[C@@H](O)[C@@H](C)C/C(C)=C/C=C/[C@@H]2OC)C[C@H](OC(=O)/C=C/C(N)=O)[C@@H]1C. The summed E-state index contributed by atoms with van der Waals surface area (Å²) in [6, 6.07) is 0. The number of amides is 1. The molecule has 1 fully saturated rings. The maximum absolute atomic E-state index is 13.5. The highest BCUT2D eigenvalue weighted by Gasteiger charge is 2.52. The summed E-state index contributed by atoms with van der Waals surface area (Å²) in [7, 11) is 1.49. The van der Waals surface area contributed by atoms with E-state index in [1.54, 1.807) is 32.9 Å². The highest BCUT2D eigenvalue weighted by atomic mass is 16.6. The number of carbonyl (C=O) groups is 3. The van der Waals surface area contributed by atoms with Crippen LogP contribution in [0.3, 0.4) is 0 Å². The molecule has 11 nitrogen and oxygen atoms in total. The summed E-state index contributed by atoms with van der Waals surface area (Å²) in [6.07, 6.45) is 7.06. The number of aliphatic hydroxyl groups excluding tert-OH is 2. The number of cyclic esters (lactones) is 1. The zero-order valence-electron chi connectivity index (χ0n) is 30.8. The van der Waals surface area contributed by atoms with Crippen LogP contribution in [0.15, 0.2) is 59.3 Å². The normalized spacial score (nSPS) is 38.1. The van der Waals surface area contributed by atoms with Crippen LogP contribution >= 0.6 is 0 Å². The third kappa shape index (κ3) is 11.7. The number of hydrogen-bond donors (Lipinski definition) is 4. The Morgan fingerprint density at radius 1 is 1.16 bits per heavy atom. The number of carbonyl (C=O) groups excluding carboxylic acids is 3. The minimum Gasteiger partial charge on any atom is -0.459 e. The Labute approximate surface area is 291 Å². The molecule has 0 bridgehead atoms. The first kappa shape index (κ1) is 42.1. The van der Waals surface area contributed by atoms with Crippen molar-refractivity contribution in [3.63, 3.8) is 0 Å². The van der Waals surface area contributed by atoms with Crippen molar-refractivity contribution in [3.05, 3.63) is 59.3 Å². The van der Waals surface area contributed by atoms with Crippen LogP contribution in [0.1, 0.15) is 81.6 Å². The van der Waals surface area contributed by atoms with E-state index in [9.17, 15) is 29.7 Å². The van der Waals surface area contributed by atoms with Crippen LogP contribution in [0.2, 0.25) is 0 Å². The number of aliphatic hydroxyl groups is 3. The Kier molecular flexibility index (Phi) is 16.1. The van der Waals surface area contributed by atoms with Gasteiger partial charge in [0.1, 0.15) is 18.3 Å². The van der Waals surface area contributed by atoms with E-state index in [4.69, 9.17) is 24.7 Å². The highest BCUT2D eigenvalue weighted by molar-refractivity contribution is 5.93. The molecule has 0 aliphatic carbocycles. The number of primary amides is 1. The average Bonchev–Trinajstić information content (AvgIpc) is 3.04. The zero-order chi connectivity index (χ0) is 37.2. The predicted octanol–water partition coefficient (Wildman–Crippen LogP) is 4.46. The molecule has 0 aromatic rings. The molecule has 2 heterocycles. The Morgan fingerprint density at radius 3 is 2.41 bits per heavy atom. The van der Waals surface area contributed by atoms with E-state index in [1.165, 1.54) is 7.11 Å². The lowest BCUT2D eigenvalue weighted by molar-refractivity contribution is -0.323. The van der Waals surface area contributed by atoms with Crippen LogP contribution in [0, 0.1) is 29.6 Å². The summed E-state index contributed by atoms with van der Waals surface area (Å²) < 4.78 is 23.7. The van der Waals surface area contributed by atoms with Crippen molar-refractivity contribution in [1.29, 1.82) is 0 Å². The molecule has 2 aliphatic heterocycles. The van der Waals surface area contributed by atoms with E-state index in [0.29, 0.717) is 18.4 Å². The van der Waals surface area contributed by atoms with Gasteiger partial charge in [-0.1, -0.05) is 77.0 Å². The van der Waals surface area contributed by atoms with E-state index < -0.39 is 72.1 Å². The second-order valence-corrected chi connectivity index (χ2v) is 14.1. The summed E-state index contributed by atoms with van der Waals surface area (Å²) in [5, 5.41) is 34.7. The third-order valence-electron chi connectivity index (χ3n) is 9.93. The van der Waals surface area contributed by atoms with Crippen LogP contribution in [0.4, 0.5) is 0 Å². The summed E-state index contributed by atoms with van der Waals surface area (Å²) in [5.41, 5.74) is 7.27. The van der Waals surface area contributed by atoms with E-state index in [-0.39, 0.29) is 24.2 Å². The van der Waals surface area contributed by atoms with Crippen molar-refractivity contribution in [2.24, 2.45) is 35.3 Å². The van der Waals surface area contributed by atoms with Gasteiger partial charge in [0.05, 0.1) is 18.3 Å². The van der Waals surface area contributed by atoms with Gasteiger partial charge in [-0.15, -0.1) is 0 Å². The molecule has 0 unspecified atom stereocenters. The molecule has 1 saturated heterocycles. The first-order chi connectivity index (χ1) is 22.8. The van der Waals surface area contributed by atoms with E-state index in [1.807, 2.05) is 59.8 Å². The fourth-order valence-corrected chi connectivity index (χ4v) is 6.80. The number of nitrogens with two attached hydrogens (primary N) is 1. The van der Waals surface area contributed by atoms with Crippen LogP contribution in [0.5, 0.6) is 0 Å². The molecule has 12 atom stereocenters. The maximum Gasteiger partial charge on any atom is 0.334 e. The van der Waals surface area contributed by atoms with Crippen molar-refractivity contribution in [2.45, 2.75) is 124 Å². The van der Waals surface area contributed by atoms with Crippen LogP contribution < -0.4 is 5.73 Å². The minimum atomic E-state index is -1.92. The Balaban J connectivity index is 2.48. The molecule has 1 amide bonds. The van der Waals surface area contributed by atoms with Crippen LogP contribution in [-0.4, -0.2) is 82.7 Å². The molecule has 0 saturated carbocycles. The van der Waals surface area contributed by atoms with Crippen molar-refractivity contribution in [1.82, 2.24) is 0 Å². The summed E-state index contributed by atoms with van der Waals surface area (Å²) in [4.78, 5) is 37.1. The van der Waals surface area contributed by atoms with E-state index in [0.717, 1.165) is 23.3 Å². The Hall–Kier alpha value is -3.09. The van der Waals surface area contributed by atoms with Crippen LogP contribution in [0.25, 0.3) is 0 Å². The summed E-state index contributed by atoms with van der Waals surface area (Å²) in [5.74, 6) is -6.28. The van der Waals surface area contributed by atoms with Crippen molar-refractivity contribution in [3.8, 4) is 0 Å². The number of ether oxygens (including phenoxy) is 4. The minimum absolute atomic E-state index is 0.00731. The zero-order valence-corrected chi connectivity index (χ0v) is 30.8. The topological polar surface area (TPSA) is 175 Å². The quantitative estimate of drug-likeness (QED) is 0.200. The number of methoxy groups -OCH3 is 1. The first-order valence-electron chi connectivity index (χ1n) is 17.2. The van der Waals surface area contributed by atoms with Gasteiger partial charge in [0.2, 0.25) is 5.91 Å². The molecule has 0 aromatic heterocycles. The van der Waals surface area contributed by atoms with E-state index in [2.05, 4.69) is 0 Å². The lowest BCUT2D eigenvalue weighted by Gasteiger charge is -2.49. The lowest BCUT2D eigenvalue weighted by atomic mass is 9.77. The molecular formula is C38H59NO10. The summed E-state index contributed by atoms with van der Waals surface area (Å²) in [6.45, 7) is 16.5. The van der Waals surface area contributed by atoms with Crippen molar-refractivity contribution >= 4 is 17.8 Å². The molecule has 0 radical (unpaired) electrons. The number of esters is 2. The number of hydrogen-bond acceptors (Lipinski definition) is 10. The molecule has 2 rings (SSSR count). The molecule has 276 valence electrons. The first-order valence-corrected chi connectivity index (χ1v) is 17.2. The molecule has 49 heavy (non-hydrogen) atoms. The van der Waals surface area contributed by atoms with Crippen molar-refractivity contribution < 1.29 is 48.7 Å². The Bertz CT molecular complexity index is 1300. The highest BCUT2D eigenvalue weighted by Crippen LogP contribution is 2.41. The third-order valence-corrected chi connectivity index (χ3v) is 9.93. The van der Waals surface area contributed by atoms with Crippen LogP contribution in [-0.2, 0) is 33.3 Å². The second kappa shape index (κ2) is 18.8. The Morgan fingerprint density at radius 2 is 1.82 bits per heavy atom. The molecule has 5 N–H and O–H groups in total. The summed E-state index contributed by atoms with van der Waals surface area (Å²) >= 11 is 0. The predicted molar refractivity (Wildman–Crippen MR) is 186 cm³/mol. The number of allylic oxidation sites excluding steroid dienone is 5. The van der Waals surface area contributed by atoms with Gasteiger partial charge in [0.25, 0.3) is 0 Å². The average molecular weight is 690 g/mol. The second-order valence-electron chi connectivity index (χ2n) is 14.1. The molecule has 0 aromatic carbocycles. The van der Waals surface area contributed by atoms with Gasteiger partial charge >= 0.3 is 11.9 Å². The molecule has 11 heteroatoms. The molecular weight excluding hydrogens is 630 g/mol. The molecule has 2 aliphatic rings. The van der Waals surface area contributed by atoms with Gasteiger partial charge in [-0.2, -0.15) is 0 Å². The monoisotopic (exact) mass is 689 g/mol. The fraction of sp³-hybridized carbons (Fsp3) is 0.658. The van der Waals surface area contributed by atoms with Gasteiger partial charge in [0.15, 0.2) is 5.79 Å². The van der Waals surface area contributed by atoms with Gasteiger partial charge in [0, 0.05) is 54.9 Å². The smallest absolute Gasteiger partial charge is 0.334 e. The standard InChI is InChI=1S/C38H59NO10/c1-11-29-26(7)31(47-33(41)16-15-32(39)40)20-38(45,49-29)28(9)35(43)27(8)36-30(46-10)14-12-13-21(2)17-23(4)34(42)24(5)18-22(3)19-25(6)37(44)48-36/h12-16,18-19,23-24,26-31,34-36,42-43,45H,11,17,20H2,1-10H3,(H2,39,40)/b14-12+,16-15+,21-13+,22-18+,25-19+/t23-,24-,26+,27-,28+,29-,30-,31-,34-,35+,36-,38-/m0/s1.